The fourth-order valence-corrected chi connectivity index (χ4v) is 4.24. The standard InChI is InChI=1S/C25H20BF3N8/c26-25(14-1-3-15(27)4-2-14,22-12-37(36-35-22)18-6-7-18)34-16-5-8-21-19(9-16)24(32-13-31-21)33-17-10-20(28)23(29)30-11-17/h1-5,8-13,18,34H,6-7,26H2,(H,31,32,33). The molecule has 0 amide bonds. The van der Waals surface area contributed by atoms with Gasteiger partial charge in [0, 0.05) is 17.1 Å². The molecule has 3 heterocycles. The van der Waals surface area contributed by atoms with Crippen LogP contribution in [0.2, 0.25) is 0 Å². The smallest absolute Gasteiger partial charge is 0.249 e. The van der Waals surface area contributed by atoms with Crippen LogP contribution in [0.1, 0.15) is 30.1 Å². The van der Waals surface area contributed by atoms with Crippen molar-refractivity contribution in [3.63, 3.8) is 0 Å². The third-order valence-corrected chi connectivity index (χ3v) is 6.45. The lowest BCUT2D eigenvalue weighted by Crippen LogP contribution is -2.37. The van der Waals surface area contributed by atoms with Crippen molar-refractivity contribution in [1.82, 2.24) is 29.9 Å². The van der Waals surface area contributed by atoms with E-state index in [1.807, 2.05) is 36.9 Å². The normalized spacial score (nSPS) is 14.9. The second-order valence-corrected chi connectivity index (χ2v) is 9.15. The quantitative estimate of drug-likeness (QED) is 0.257. The van der Waals surface area contributed by atoms with Crippen LogP contribution in [0.5, 0.6) is 0 Å². The summed E-state index contributed by atoms with van der Waals surface area (Å²) in [5, 5.41) is 15.9. The van der Waals surface area contributed by atoms with Crippen LogP contribution in [0.4, 0.5) is 30.4 Å². The molecule has 1 atom stereocenters. The Kier molecular flexibility index (Phi) is 5.51. The van der Waals surface area contributed by atoms with Gasteiger partial charge in [-0.25, -0.2) is 28.4 Å². The fraction of sp³-hybridized carbons (Fsp3) is 0.160. The Morgan fingerprint density at radius 2 is 1.76 bits per heavy atom. The molecule has 0 bridgehead atoms. The van der Waals surface area contributed by atoms with Crippen LogP contribution >= 0.6 is 0 Å². The molecule has 8 nitrogen and oxygen atoms in total. The molecular formula is C25H20BF3N8. The van der Waals surface area contributed by atoms with Crippen molar-refractivity contribution in [1.29, 1.82) is 0 Å². The first kappa shape index (κ1) is 23.0. The van der Waals surface area contributed by atoms with Crippen LogP contribution in [0.3, 0.4) is 0 Å². The molecule has 1 aliphatic rings. The minimum absolute atomic E-state index is 0.241. The van der Waals surface area contributed by atoms with Gasteiger partial charge < -0.3 is 10.6 Å². The zero-order valence-electron chi connectivity index (χ0n) is 19.7. The maximum Gasteiger partial charge on any atom is 0.249 e. The van der Waals surface area contributed by atoms with Gasteiger partial charge in [-0.1, -0.05) is 17.3 Å². The topological polar surface area (TPSA) is 93.4 Å². The molecule has 0 aliphatic heterocycles. The molecule has 0 saturated heterocycles. The lowest BCUT2D eigenvalue weighted by atomic mass is 9.69. The Morgan fingerprint density at radius 3 is 2.51 bits per heavy atom. The SMILES string of the molecule is BC(Nc1ccc2ncnc(Nc3cnc(F)c(F)c3)c2c1)(c1ccc(F)cc1)c1cn(C2CC2)nn1. The minimum Gasteiger partial charge on any atom is -0.378 e. The van der Waals surface area contributed by atoms with Crippen molar-refractivity contribution in [3.8, 4) is 0 Å². The third kappa shape index (κ3) is 4.46. The highest BCUT2D eigenvalue weighted by Crippen LogP contribution is 2.36. The van der Waals surface area contributed by atoms with E-state index in [0.29, 0.717) is 34.1 Å². The Morgan fingerprint density at radius 1 is 0.946 bits per heavy atom. The zero-order chi connectivity index (χ0) is 25.6. The van der Waals surface area contributed by atoms with Gasteiger partial charge in [-0.3, -0.25) is 0 Å². The average Bonchev–Trinajstić information content (AvgIpc) is 3.62. The number of hydrogen-bond donors (Lipinski definition) is 2. The van der Waals surface area contributed by atoms with E-state index in [4.69, 9.17) is 0 Å². The van der Waals surface area contributed by atoms with Crippen LogP contribution in [0.15, 0.2) is 67.3 Å². The summed E-state index contributed by atoms with van der Waals surface area (Å²) in [6, 6.07) is 13.1. The lowest BCUT2D eigenvalue weighted by molar-refractivity contribution is 0.480. The van der Waals surface area contributed by atoms with Gasteiger partial charge in [-0.15, -0.1) is 5.10 Å². The highest BCUT2D eigenvalue weighted by Gasteiger charge is 2.34. The largest absolute Gasteiger partial charge is 0.378 e. The summed E-state index contributed by atoms with van der Waals surface area (Å²) < 4.78 is 42.6. The molecule has 5 aromatic rings. The van der Waals surface area contributed by atoms with Crippen molar-refractivity contribution in [2.24, 2.45) is 0 Å². The average molecular weight is 500 g/mol. The van der Waals surface area contributed by atoms with Gasteiger partial charge in [-0.05, 0) is 48.7 Å². The van der Waals surface area contributed by atoms with Gasteiger partial charge in [0.25, 0.3) is 0 Å². The molecule has 37 heavy (non-hydrogen) atoms. The van der Waals surface area contributed by atoms with Crippen molar-refractivity contribution in [2.75, 3.05) is 10.6 Å². The van der Waals surface area contributed by atoms with Gasteiger partial charge in [-0.2, -0.15) is 4.39 Å². The molecule has 184 valence electrons. The monoisotopic (exact) mass is 500 g/mol. The number of halogens is 3. The van der Waals surface area contributed by atoms with Crippen molar-refractivity contribution >= 4 is 35.9 Å². The van der Waals surface area contributed by atoms with Gasteiger partial charge in [0.1, 0.15) is 31.5 Å². The number of pyridine rings is 1. The first-order valence-electron chi connectivity index (χ1n) is 11.7. The minimum atomic E-state index is -1.18. The van der Waals surface area contributed by atoms with E-state index >= 15 is 0 Å². The first-order chi connectivity index (χ1) is 17.9. The maximum absolute atomic E-state index is 13.7. The lowest BCUT2D eigenvalue weighted by Gasteiger charge is -2.31. The predicted octanol–water partition coefficient (Wildman–Crippen LogP) is 4.06. The Bertz CT molecular complexity index is 1610. The number of nitrogens with one attached hydrogen (secondary N) is 2. The molecule has 2 aromatic carbocycles. The third-order valence-electron chi connectivity index (χ3n) is 6.45. The Hall–Kier alpha value is -4.48. The summed E-state index contributed by atoms with van der Waals surface area (Å²) in [6.07, 6.45) is 6.61. The molecule has 12 heteroatoms. The van der Waals surface area contributed by atoms with E-state index < -0.39 is 17.2 Å². The van der Waals surface area contributed by atoms with Crippen molar-refractivity contribution < 1.29 is 13.2 Å². The summed E-state index contributed by atoms with van der Waals surface area (Å²) in [4.78, 5) is 12.0. The summed E-state index contributed by atoms with van der Waals surface area (Å²) in [5.41, 5.74) is 2.23. The van der Waals surface area contributed by atoms with Crippen LogP contribution in [-0.4, -0.2) is 37.8 Å². The molecule has 1 saturated carbocycles. The summed E-state index contributed by atoms with van der Waals surface area (Å²) >= 11 is 0. The Balaban J connectivity index is 1.39. The van der Waals surface area contributed by atoms with E-state index in [1.54, 1.807) is 12.1 Å². The van der Waals surface area contributed by atoms with Crippen LogP contribution in [-0.2, 0) is 5.44 Å². The molecule has 6 rings (SSSR count). The predicted molar refractivity (Wildman–Crippen MR) is 135 cm³/mol. The van der Waals surface area contributed by atoms with Gasteiger partial charge >= 0.3 is 0 Å². The molecule has 0 radical (unpaired) electrons. The van der Waals surface area contributed by atoms with E-state index in [-0.39, 0.29) is 11.5 Å². The number of aromatic nitrogens is 6. The first-order valence-corrected chi connectivity index (χ1v) is 11.7. The van der Waals surface area contributed by atoms with Gasteiger partial charge in [0.15, 0.2) is 5.82 Å². The second kappa shape index (κ2) is 8.88. The summed E-state index contributed by atoms with van der Waals surface area (Å²) in [7, 11) is 1.96. The fourth-order valence-electron chi connectivity index (χ4n) is 4.24. The van der Waals surface area contributed by atoms with E-state index in [1.165, 1.54) is 24.7 Å². The molecule has 1 aliphatic carbocycles. The molecule has 1 fully saturated rings. The number of hydrogen-bond acceptors (Lipinski definition) is 7. The summed E-state index contributed by atoms with van der Waals surface area (Å²) in [6.45, 7) is 0. The van der Waals surface area contributed by atoms with Gasteiger partial charge in [0.2, 0.25) is 5.95 Å². The Labute approximate surface area is 210 Å². The summed E-state index contributed by atoms with van der Waals surface area (Å²) in [5.74, 6) is -2.19. The molecular weight excluding hydrogens is 480 g/mol. The van der Waals surface area contributed by atoms with Gasteiger partial charge in [0.05, 0.1) is 35.1 Å². The molecule has 3 aromatic heterocycles. The van der Waals surface area contributed by atoms with Crippen molar-refractivity contribution in [3.05, 3.63) is 96.1 Å². The molecule has 0 spiro atoms. The number of nitrogens with zero attached hydrogens (tertiary/aromatic N) is 6. The molecule has 1 unspecified atom stereocenters. The number of fused-ring (bicyclic) bond motifs is 1. The molecule has 2 N–H and O–H groups in total. The van der Waals surface area contributed by atoms with Crippen LogP contribution in [0.25, 0.3) is 10.9 Å². The van der Waals surface area contributed by atoms with E-state index in [2.05, 4.69) is 35.9 Å². The number of benzene rings is 2. The van der Waals surface area contributed by atoms with Crippen LogP contribution in [0, 0.1) is 17.6 Å². The second-order valence-electron chi connectivity index (χ2n) is 9.15. The van der Waals surface area contributed by atoms with E-state index in [0.717, 1.165) is 24.5 Å². The maximum atomic E-state index is 13.7. The highest BCUT2D eigenvalue weighted by molar-refractivity contribution is 6.19. The highest BCUT2D eigenvalue weighted by atomic mass is 19.2. The van der Waals surface area contributed by atoms with Crippen LogP contribution < -0.4 is 10.6 Å². The van der Waals surface area contributed by atoms with E-state index in [9.17, 15) is 13.2 Å². The van der Waals surface area contributed by atoms with Crippen molar-refractivity contribution in [2.45, 2.75) is 24.3 Å². The number of rotatable bonds is 7. The number of anilines is 3. The zero-order valence-corrected chi connectivity index (χ0v) is 19.7.